The number of allylic oxidation sites excluding steroid dienone is 8. The Morgan fingerprint density at radius 2 is 1.20 bits per heavy atom. The molecule has 4 nitrogen and oxygen atoms in total. The Balaban J connectivity index is 0.000000493. The van der Waals surface area contributed by atoms with Crippen LogP contribution in [0.3, 0.4) is 0 Å². The van der Waals surface area contributed by atoms with Crippen LogP contribution in [0.1, 0.15) is 11.1 Å². The zero-order chi connectivity index (χ0) is 29.9. The normalized spacial score (nSPS) is 19.0. The molecule has 1 aliphatic carbocycles. The fourth-order valence-electron chi connectivity index (χ4n) is 4.21. The van der Waals surface area contributed by atoms with Crippen LogP contribution in [0.2, 0.25) is 0 Å². The summed E-state index contributed by atoms with van der Waals surface area (Å²) in [4.78, 5) is 2.40. The second kappa shape index (κ2) is 11.3. The van der Waals surface area contributed by atoms with Gasteiger partial charge in [-0.15, -0.1) is 0 Å². The number of hydrogen-bond donors (Lipinski definition) is 1. The number of rotatable bonds is 3. The van der Waals surface area contributed by atoms with Crippen molar-refractivity contribution in [1.82, 2.24) is 0 Å². The molecule has 0 atom stereocenters. The van der Waals surface area contributed by atoms with E-state index in [0.29, 0.717) is 0 Å². The van der Waals surface area contributed by atoms with Gasteiger partial charge in [0.2, 0.25) is 0 Å². The van der Waals surface area contributed by atoms with E-state index in [0.717, 1.165) is 32.0 Å². The molecule has 0 saturated carbocycles. The third kappa shape index (κ3) is 10.0. The van der Waals surface area contributed by atoms with Crippen LogP contribution in [0.5, 0.6) is 0 Å². The molecule has 2 N–H and O–H groups in total. The number of anilines is 2. The summed E-state index contributed by atoms with van der Waals surface area (Å²) >= 11 is 0.198. The summed E-state index contributed by atoms with van der Waals surface area (Å²) in [5.74, 6) is 0. The van der Waals surface area contributed by atoms with Gasteiger partial charge in [-0.2, -0.15) is 0 Å². The molecule has 0 unspecified atom stereocenters. The van der Waals surface area contributed by atoms with Crippen LogP contribution < -0.4 is 10.6 Å². The fraction of sp³-hybridized carbons (Fsp3) is 0.207. The molecule has 0 amide bonds. The zero-order valence-corrected chi connectivity index (χ0v) is 25.0. The summed E-state index contributed by atoms with van der Waals surface area (Å²) in [6.07, 6.45) is 13.5. The van der Waals surface area contributed by atoms with Crippen molar-refractivity contribution < 1.29 is 34.5 Å². The minimum absolute atomic E-state index is 0.198. The van der Waals surface area contributed by atoms with Gasteiger partial charge in [-0.25, -0.2) is 0 Å². The summed E-state index contributed by atoms with van der Waals surface area (Å²) in [5.41, 5.74) is 14.2. The van der Waals surface area contributed by atoms with Gasteiger partial charge in [0.05, 0.1) is 0 Å². The number of halogens is 6. The second-order valence-corrected chi connectivity index (χ2v) is 13.9. The van der Waals surface area contributed by atoms with Crippen molar-refractivity contribution in [3.05, 3.63) is 107 Å². The molecule has 1 saturated heterocycles. The molecule has 1 fully saturated rings. The van der Waals surface area contributed by atoms with E-state index < -0.39 is 7.81 Å². The third-order valence-corrected chi connectivity index (χ3v) is 8.64. The van der Waals surface area contributed by atoms with Crippen molar-refractivity contribution in [3.8, 4) is 0 Å². The first-order chi connectivity index (χ1) is 19.0. The van der Waals surface area contributed by atoms with Gasteiger partial charge in [0, 0.05) is 0 Å². The molecule has 3 aliphatic rings. The molecular weight excluding hydrogens is 630 g/mol. The summed E-state index contributed by atoms with van der Waals surface area (Å²) in [6.45, 7) is 3.52. The van der Waals surface area contributed by atoms with E-state index in [-0.39, 0.29) is 15.0 Å². The number of nitrogens with two attached hydrogens (primary N) is 1. The molecule has 2 aromatic carbocycles. The molecule has 2 aromatic rings. The van der Waals surface area contributed by atoms with Crippen molar-refractivity contribution in [1.29, 1.82) is 0 Å². The first-order valence-corrected chi connectivity index (χ1v) is 16.4. The van der Waals surface area contributed by atoms with E-state index in [4.69, 9.17) is 10.5 Å². The van der Waals surface area contributed by atoms with E-state index >= 15 is 0 Å². The number of nitrogen functional groups attached to an aromatic ring is 1. The van der Waals surface area contributed by atoms with Crippen LogP contribution in [0.25, 0.3) is 8.94 Å². The van der Waals surface area contributed by atoms with Gasteiger partial charge in [0.25, 0.3) is 0 Å². The van der Waals surface area contributed by atoms with Gasteiger partial charge in [-0.1, -0.05) is 0 Å². The van der Waals surface area contributed by atoms with Crippen molar-refractivity contribution in [2.45, 2.75) is 0 Å². The van der Waals surface area contributed by atoms with Crippen LogP contribution in [0.4, 0.5) is 36.6 Å². The first-order valence-electron chi connectivity index (χ1n) is 12.6. The SMILES string of the molecule is C[N+](C)=C1C=CC(=C2C=C(c3ccc(N)cc3)[Se]C(c3ccc(N4CCOCC4)cc3)=C2)C=C1.F[P-](F)(F)(F)(F)F. The van der Waals surface area contributed by atoms with Gasteiger partial charge in [-0.3, -0.25) is 0 Å². The van der Waals surface area contributed by atoms with Crippen LogP contribution >= 0.6 is 7.81 Å². The summed E-state index contributed by atoms with van der Waals surface area (Å²) < 4.78 is 69.6. The van der Waals surface area contributed by atoms with Gasteiger partial charge >= 0.3 is 242 Å². The first kappa shape index (κ1) is 30.8. The van der Waals surface area contributed by atoms with E-state index in [1.807, 2.05) is 12.1 Å². The van der Waals surface area contributed by atoms with Crippen LogP contribution in [-0.2, 0) is 4.74 Å². The molecule has 41 heavy (non-hydrogen) atoms. The summed E-state index contributed by atoms with van der Waals surface area (Å²) in [5, 5.41) is 0. The summed E-state index contributed by atoms with van der Waals surface area (Å²) in [6, 6.07) is 17.3. The molecule has 5 rings (SSSR count). The van der Waals surface area contributed by atoms with Crippen molar-refractivity contribution in [3.63, 3.8) is 0 Å². The molecule has 220 valence electrons. The molecule has 0 spiro atoms. The molecule has 2 heterocycles. The Kier molecular flexibility index (Phi) is 8.50. The maximum absolute atomic E-state index is 10.7. The molecule has 12 heteroatoms. The van der Waals surface area contributed by atoms with Gasteiger partial charge in [0.1, 0.15) is 0 Å². The molecular formula is C29H30F6N3OPSe. The van der Waals surface area contributed by atoms with Crippen LogP contribution in [-0.4, -0.2) is 65.6 Å². The van der Waals surface area contributed by atoms with Crippen LogP contribution in [0, 0.1) is 0 Å². The van der Waals surface area contributed by atoms with Gasteiger partial charge in [0.15, 0.2) is 0 Å². The van der Waals surface area contributed by atoms with Gasteiger partial charge < -0.3 is 0 Å². The Bertz CT molecular complexity index is 1450. The molecule has 2 aliphatic heterocycles. The monoisotopic (exact) mass is 661 g/mol. The van der Waals surface area contributed by atoms with E-state index in [1.165, 1.54) is 42.6 Å². The molecule has 0 aromatic heterocycles. The number of hydrogen-bond acceptors (Lipinski definition) is 3. The predicted molar refractivity (Wildman–Crippen MR) is 158 cm³/mol. The van der Waals surface area contributed by atoms with E-state index in [1.54, 1.807) is 0 Å². The number of ether oxygens (including phenoxy) is 1. The van der Waals surface area contributed by atoms with E-state index in [9.17, 15) is 25.2 Å². The minimum atomic E-state index is -10.7. The number of morpholine rings is 1. The average Bonchev–Trinajstić information content (AvgIpc) is 2.92. The number of benzene rings is 2. The van der Waals surface area contributed by atoms with Crippen molar-refractivity contribution >= 4 is 48.8 Å². The molecule has 0 radical (unpaired) electrons. The quantitative estimate of drug-likeness (QED) is 0.121. The van der Waals surface area contributed by atoms with Crippen molar-refractivity contribution in [2.24, 2.45) is 0 Å². The second-order valence-electron chi connectivity index (χ2n) is 9.74. The standard InChI is InChI=1S/C29H29N3OSe.F6P/c1-31(2)26-11-5-21(6-12-26)24-19-28(22-3-9-25(30)10-4-22)34-29(20-24)23-7-13-27(14-8-23)32-15-17-33-18-16-32;1-7(2,3,4,5)6/h3-14,19-20,30H,15-18H2,1-2H3;/q;-1/p+1. The van der Waals surface area contributed by atoms with Crippen molar-refractivity contribution in [2.75, 3.05) is 51.0 Å². The Labute approximate surface area is 241 Å². The number of nitrogens with zero attached hydrogens (tertiary/aromatic N) is 2. The Morgan fingerprint density at radius 1 is 0.732 bits per heavy atom. The van der Waals surface area contributed by atoms with Gasteiger partial charge in [-0.05, 0) is 0 Å². The predicted octanol–water partition coefficient (Wildman–Crippen LogP) is 7.72. The summed E-state index contributed by atoms with van der Waals surface area (Å²) in [7, 11) is -6.51. The zero-order valence-electron chi connectivity index (χ0n) is 22.4. The average molecular weight is 661 g/mol. The van der Waals surface area contributed by atoms with E-state index in [2.05, 4.69) is 96.4 Å². The topological polar surface area (TPSA) is 41.5 Å². The Morgan fingerprint density at radius 3 is 1.66 bits per heavy atom. The maximum atomic E-state index is 9.87. The fourth-order valence-corrected chi connectivity index (χ4v) is 6.55. The third-order valence-electron chi connectivity index (χ3n) is 6.23. The Hall–Kier alpha value is -3.10. The van der Waals surface area contributed by atoms with Crippen LogP contribution in [0.15, 0.2) is 96.1 Å². The molecule has 0 bridgehead atoms.